The van der Waals surface area contributed by atoms with Gasteiger partial charge in [0.25, 0.3) is 0 Å². The quantitative estimate of drug-likeness (QED) is 0.846. The van der Waals surface area contributed by atoms with Crippen molar-refractivity contribution in [3.8, 4) is 5.75 Å². The molecule has 0 atom stereocenters. The molecular formula is C17H23N3OS. The Morgan fingerprint density at radius 3 is 2.95 bits per heavy atom. The predicted molar refractivity (Wildman–Crippen MR) is 91.7 cm³/mol. The average molecular weight is 317 g/mol. The van der Waals surface area contributed by atoms with Crippen molar-refractivity contribution in [3.63, 3.8) is 0 Å². The van der Waals surface area contributed by atoms with Gasteiger partial charge in [-0.1, -0.05) is 12.5 Å². The molecule has 1 aliphatic heterocycles. The Bertz CT molecular complexity index is 553. The molecule has 0 bridgehead atoms. The van der Waals surface area contributed by atoms with E-state index in [0.717, 1.165) is 36.8 Å². The molecule has 3 rings (SSSR count). The van der Waals surface area contributed by atoms with Crippen molar-refractivity contribution in [3.05, 3.63) is 40.8 Å². The van der Waals surface area contributed by atoms with Crippen molar-refractivity contribution >= 4 is 17.0 Å². The Morgan fingerprint density at radius 1 is 1.23 bits per heavy atom. The third kappa shape index (κ3) is 4.71. The molecular weight excluding hydrogens is 294 g/mol. The summed E-state index contributed by atoms with van der Waals surface area (Å²) in [7, 11) is 0. The zero-order chi connectivity index (χ0) is 15.0. The van der Waals surface area contributed by atoms with Crippen LogP contribution in [0.15, 0.2) is 35.2 Å². The van der Waals surface area contributed by atoms with Crippen LogP contribution in [0, 0.1) is 0 Å². The normalized spacial score (nSPS) is 15.6. The van der Waals surface area contributed by atoms with Crippen molar-refractivity contribution < 1.29 is 4.74 Å². The third-order valence-electron chi connectivity index (χ3n) is 3.92. The minimum atomic E-state index is 0.751. The van der Waals surface area contributed by atoms with Gasteiger partial charge in [-0.25, -0.2) is 4.98 Å². The topological polar surface area (TPSA) is 37.4 Å². The largest absolute Gasteiger partial charge is 0.492 e. The number of anilines is 1. The fourth-order valence-electron chi connectivity index (χ4n) is 2.69. The maximum Gasteiger partial charge on any atom is 0.121 e. The highest BCUT2D eigenvalue weighted by Gasteiger charge is 2.09. The summed E-state index contributed by atoms with van der Waals surface area (Å²) in [6, 6.07) is 8.16. The number of hydrogen-bond acceptors (Lipinski definition) is 5. The molecule has 22 heavy (non-hydrogen) atoms. The molecule has 1 aromatic carbocycles. The van der Waals surface area contributed by atoms with Gasteiger partial charge in [0, 0.05) is 23.7 Å². The second-order valence-electron chi connectivity index (χ2n) is 5.61. The van der Waals surface area contributed by atoms with Crippen molar-refractivity contribution in [1.29, 1.82) is 0 Å². The zero-order valence-corrected chi connectivity index (χ0v) is 13.6. The Balaban J connectivity index is 1.44. The first-order chi connectivity index (χ1) is 10.9. The van der Waals surface area contributed by atoms with E-state index in [2.05, 4.69) is 32.7 Å². The van der Waals surface area contributed by atoms with E-state index in [-0.39, 0.29) is 0 Å². The number of nitrogens with one attached hydrogen (secondary N) is 1. The lowest BCUT2D eigenvalue weighted by Crippen LogP contribution is -2.33. The molecule has 1 fully saturated rings. The van der Waals surface area contributed by atoms with Crippen LogP contribution in [0.3, 0.4) is 0 Å². The monoisotopic (exact) mass is 317 g/mol. The molecule has 2 heterocycles. The van der Waals surface area contributed by atoms with E-state index in [0.29, 0.717) is 0 Å². The number of hydrogen-bond donors (Lipinski definition) is 1. The van der Waals surface area contributed by atoms with Gasteiger partial charge in [0.15, 0.2) is 0 Å². The van der Waals surface area contributed by atoms with Gasteiger partial charge in [-0.05, 0) is 38.1 Å². The van der Waals surface area contributed by atoms with Crippen LogP contribution in [-0.2, 0) is 6.54 Å². The Morgan fingerprint density at radius 2 is 2.14 bits per heavy atom. The average Bonchev–Trinajstić information content (AvgIpc) is 3.08. The number of rotatable bonds is 7. The molecule has 1 aliphatic rings. The Labute approximate surface area is 136 Å². The fourth-order valence-corrected chi connectivity index (χ4v) is 3.25. The summed E-state index contributed by atoms with van der Waals surface area (Å²) >= 11 is 1.62. The first-order valence-corrected chi connectivity index (χ1v) is 8.90. The van der Waals surface area contributed by atoms with E-state index in [9.17, 15) is 0 Å². The van der Waals surface area contributed by atoms with Crippen LogP contribution in [0.5, 0.6) is 5.75 Å². The Hall–Kier alpha value is -1.59. The van der Waals surface area contributed by atoms with Gasteiger partial charge in [0.1, 0.15) is 12.4 Å². The van der Waals surface area contributed by atoms with Crippen LogP contribution >= 0.6 is 11.3 Å². The van der Waals surface area contributed by atoms with Crippen molar-refractivity contribution in [1.82, 2.24) is 9.88 Å². The maximum atomic E-state index is 5.89. The molecule has 0 aliphatic carbocycles. The number of aromatic nitrogens is 1. The van der Waals surface area contributed by atoms with Crippen LogP contribution in [0.25, 0.3) is 0 Å². The molecule has 1 N–H and O–H groups in total. The third-order valence-corrected chi connectivity index (χ3v) is 4.55. The van der Waals surface area contributed by atoms with Crippen LogP contribution in [0.2, 0.25) is 0 Å². The SMILES string of the molecule is c1cc(NCc2cscn2)cc(OCCN2CCCCC2)c1. The van der Waals surface area contributed by atoms with E-state index >= 15 is 0 Å². The Kier molecular flexibility index (Phi) is 5.67. The van der Waals surface area contributed by atoms with Gasteiger partial charge in [-0.3, -0.25) is 4.90 Å². The first kappa shape index (κ1) is 15.3. The van der Waals surface area contributed by atoms with Gasteiger partial charge in [-0.15, -0.1) is 11.3 Å². The van der Waals surface area contributed by atoms with E-state index in [1.165, 1.54) is 32.4 Å². The lowest BCUT2D eigenvalue weighted by Gasteiger charge is -2.26. The van der Waals surface area contributed by atoms with Crippen molar-refractivity contribution in [2.75, 3.05) is 31.6 Å². The molecule has 118 valence electrons. The lowest BCUT2D eigenvalue weighted by molar-refractivity contribution is 0.183. The van der Waals surface area contributed by atoms with Gasteiger partial charge in [-0.2, -0.15) is 0 Å². The van der Waals surface area contributed by atoms with Crippen LogP contribution in [-0.4, -0.2) is 36.1 Å². The van der Waals surface area contributed by atoms with E-state index < -0.39 is 0 Å². The standard InChI is InChI=1S/C17H23N3OS/c1-2-7-20(8-3-1)9-10-21-17-6-4-5-15(11-17)18-12-16-13-22-14-19-16/h4-6,11,13-14,18H,1-3,7-10,12H2. The molecule has 5 heteroatoms. The molecule has 0 saturated carbocycles. The maximum absolute atomic E-state index is 5.89. The first-order valence-electron chi connectivity index (χ1n) is 7.96. The second kappa shape index (κ2) is 8.15. The second-order valence-corrected chi connectivity index (χ2v) is 6.33. The van der Waals surface area contributed by atoms with Gasteiger partial charge < -0.3 is 10.1 Å². The molecule has 1 saturated heterocycles. The number of nitrogens with zero attached hydrogens (tertiary/aromatic N) is 2. The summed E-state index contributed by atoms with van der Waals surface area (Å²) in [5.41, 5.74) is 4.00. The summed E-state index contributed by atoms with van der Waals surface area (Å²) in [5.74, 6) is 0.931. The predicted octanol–water partition coefficient (Wildman–Crippen LogP) is 3.62. The van der Waals surface area contributed by atoms with Gasteiger partial charge in [0.2, 0.25) is 0 Å². The molecule has 0 unspecified atom stereocenters. The summed E-state index contributed by atoms with van der Waals surface area (Å²) in [6.07, 6.45) is 4.04. The molecule has 0 spiro atoms. The smallest absolute Gasteiger partial charge is 0.121 e. The minimum absolute atomic E-state index is 0.751. The summed E-state index contributed by atoms with van der Waals surface area (Å²) < 4.78 is 5.89. The van der Waals surface area contributed by atoms with Gasteiger partial charge >= 0.3 is 0 Å². The number of thiazole rings is 1. The lowest BCUT2D eigenvalue weighted by atomic mass is 10.1. The summed E-state index contributed by atoms with van der Waals surface area (Å²) in [6.45, 7) is 4.98. The fraction of sp³-hybridized carbons (Fsp3) is 0.471. The molecule has 2 aromatic rings. The number of piperidine rings is 1. The number of benzene rings is 1. The molecule has 0 amide bonds. The van der Waals surface area contributed by atoms with E-state index in [1.54, 1.807) is 11.3 Å². The summed E-state index contributed by atoms with van der Waals surface area (Å²) in [4.78, 5) is 6.77. The van der Waals surface area contributed by atoms with Crippen molar-refractivity contribution in [2.24, 2.45) is 0 Å². The summed E-state index contributed by atoms with van der Waals surface area (Å²) in [5, 5.41) is 5.44. The number of ether oxygens (including phenoxy) is 1. The highest BCUT2D eigenvalue weighted by Crippen LogP contribution is 2.18. The van der Waals surface area contributed by atoms with Crippen LogP contribution < -0.4 is 10.1 Å². The minimum Gasteiger partial charge on any atom is -0.492 e. The van der Waals surface area contributed by atoms with Crippen molar-refractivity contribution in [2.45, 2.75) is 25.8 Å². The van der Waals surface area contributed by atoms with Gasteiger partial charge in [0.05, 0.1) is 17.7 Å². The molecule has 0 radical (unpaired) electrons. The highest BCUT2D eigenvalue weighted by molar-refractivity contribution is 7.07. The highest BCUT2D eigenvalue weighted by atomic mass is 32.1. The van der Waals surface area contributed by atoms with Crippen LogP contribution in [0.4, 0.5) is 5.69 Å². The van der Waals surface area contributed by atoms with Crippen LogP contribution in [0.1, 0.15) is 25.0 Å². The van der Waals surface area contributed by atoms with E-state index in [1.807, 2.05) is 17.6 Å². The molecule has 1 aromatic heterocycles. The zero-order valence-electron chi connectivity index (χ0n) is 12.8. The van der Waals surface area contributed by atoms with E-state index in [4.69, 9.17) is 4.74 Å². The number of likely N-dealkylation sites (tertiary alicyclic amines) is 1. The molecule has 4 nitrogen and oxygen atoms in total.